The van der Waals surface area contributed by atoms with Crippen LogP contribution in [0.3, 0.4) is 0 Å². The SMILES string of the molecule is Cc1c(NN)nc(C(C)C)nc1NCC1CC1C. The van der Waals surface area contributed by atoms with Crippen LogP contribution in [0, 0.1) is 18.8 Å². The van der Waals surface area contributed by atoms with Gasteiger partial charge in [0.25, 0.3) is 0 Å². The Labute approximate surface area is 109 Å². The number of nitrogens with two attached hydrogens (primary N) is 1. The number of hydrogen-bond acceptors (Lipinski definition) is 5. The number of rotatable bonds is 5. The molecule has 2 unspecified atom stereocenters. The highest BCUT2D eigenvalue weighted by molar-refractivity contribution is 5.57. The van der Waals surface area contributed by atoms with Crippen molar-refractivity contribution < 1.29 is 0 Å². The molecular formula is C13H23N5. The summed E-state index contributed by atoms with van der Waals surface area (Å²) in [5.41, 5.74) is 3.63. The predicted molar refractivity (Wildman–Crippen MR) is 74.4 cm³/mol. The molecule has 2 atom stereocenters. The Morgan fingerprint density at radius 3 is 2.44 bits per heavy atom. The Kier molecular flexibility index (Phi) is 3.71. The number of nitrogen functional groups attached to an aromatic ring is 1. The molecule has 4 N–H and O–H groups in total. The van der Waals surface area contributed by atoms with Gasteiger partial charge in [0.2, 0.25) is 0 Å². The van der Waals surface area contributed by atoms with Gasteiger partial charge in [-0.25, -0.2) is 15.8 Å². The monoisotopic (exact) mass is 249 g/mol. The van der Waals surface area contributed by atoms with Crippen molar-refractivity contribution in [2.24, 2.45) is 17.7 Å². The number of hydrogen-bond donors (Lipinski definition) is 3. The molecule has 2 rings (SSSR count). The Hall–Kier alpha value is -1.36. The van der Waals surface area contributed by atoms with Gasteiger partial charge in [-0.05, 0) is 25.2 Å². The summed E-state index contributed by atoms with van der Waals surface area (Å²) in [6.45, 7) is 9.42. The first-order chi connectivity index (χ1) is 8.52. The maximum absolute atomic E-state index is 5.51. The first-order valence-corrected chi connectivity index (χ1v) is 6.62. The third-order valence-electron chi connectivity index (χ3n) is 3.62. The smallest absolute Gasteiger partial charge is 0.148 e. The molecule has 18 heavy (non-hydrogen) atoms. The average Bonchev–Trinajstić information content (AvgIpc) is 3.03. The first kappa shape index (κ1) is 13.1. The van der Waals surface area contributed by atoms with Crippen molar-refractivity contribution in [2.45, 2.75) is 40.0 Å². The molecule has 1 fully saturated rings. The van der Waals surface area contributed by atoms with E-state index in [4.69, 9.17) is 5.84 Å². The normalized spacial score (nSPS) is 22.1. The van der Waals surface area contributed by atoms with Crippen LogP contribution >= 0.6 is 0 Å². The second-order valence-electron chi connectivity index (χ2n) is 5.56. The topological polar surface area (TPSA) is 75.9 Å². The van der Waals surface area contributed by atoms with E-state index in [9.17, 15) is 0 Å². The van der Waals surface area contributed by atoms with Crippen LogP contribution in [0.1, 0.15) is 44.5 Å². The minimum absolute atomic E-state index is 0.290. The standard InChI is InChI=1S/C13H23N5/c1-7(2)11-16-12(9(4)13(17-11)18-14)15-6-10-5-8(10)3/h7-8,10H,5-6,14H2,1-4H3,(H2,15,16,17,18). The third-order valence-corrected chi connectivity index (χ3v) is 3.62. The predicted octanol–water partition coefficient (Wildman–Crippen LogP) is 2.26. The molecule has 1 aromatic heterocycles. The van der Waals surface area contributed by atoms with E-state index in [1.165, 1.54) is 6.42 Å². The van der Waals surface area contributed by atoms with Crippen LogP contribution in [-0.4, -0.2) is 16.5 Å². The number of anilines is 2. The van der Waals surface area contributed by atoms with E-state index in [2.05, 4.69) is 41.5 Å². The molecule has 1 aromatic rings. The lowest BCUT2D eigenvalue weighted by Gasteiger charge is -2.14. The van der Waals surface area contributed by atoms with Crippen molar-refractivity contribution in [1.29, 1.82) is 0 Å². The molecule has 1 heterocycles. The molecule has 0 amide bonds. The van der Waals surface area contributed by atoms with E-state index in [0.29, 0.717) is 5.82 Å². The summed E-state index contributed by atoms with van der Waals surface area (Å²) < 4.78 is 0. The van der Waals surface area contributed by atoms with Crippen molar-refractivity contribution in [3.05, 3.63) is 11.4 Å². The summed E-state index contributed by atoms with van der Waals surface area (Å²) >= 11 is 0. The highest BCUT2D eigenvalue weighted by Crippen LogP contribution is 2.37. The molecular weight excluding hydrogens is 226 g/mol. The van der Waals surface area contributed by atoms with Crippen molar-refractivity contribution in [3.63, 3.8) is 0 Å². The van der Waals surface area contributed by atoms with Crippen LogP contribution < -0.4 is 16.6 Å². The largest absolute Gasteiger partial charge is 0.369 e. The second kappa shape index (κ2) is 5.10. The fourth-order valence-electron chi connectivity index (χ4n) is 2.02. The van der Waals surface area contributed by atoms with Crippen molar-refractivity contribution >= 4 is 11.6 Å². The number of hydrazine groups is 1. The first-order valence-electron chi connectivity index (χ1n) is 6.62. The Bertz CT molecular complexity index is 430. The minimum atomic E-state index is 0.290. The van der Waals surface area contributed by atoms with Crippen LogP contribution in [-0.2, 0) is 0 Å². The third kappa shape index (κ3) is 2.72. The van der Waals surface area contributed by atoms with Crippen LogP contribution in [0.15, 0.2) is 0 Å². The molecule has 5 nitrogen and oxygen atoms in total. The summed E-state index contributed by atoms with van der Waals surface area (Å²) in [5, 5.41) is 3.43. The minimum Gasteiger partial charge on any atom is -0.369 e. The van der Waals surface area contributed by atoms with Gasteiger partial charge in [0.05, 0.1) is 0 Å². The molecule has 100 valence electrons. The van der Waals surface area contributed by atoms with Crippen molar-refractivity contribution in [2.75, 3.05) is 17.3 Å². The molecule has 5 heteroatoms. The lowest BCUT2D eigenvalue weighted by Crippen LogP contribution is -2.16. The van der Waals surface area contributed by atoms with Crippen molar-refractivity contribution in [1.82, 2.24) is 9.97 Å². The summed E-state index contributed by atoms with van der Waals surface area (Å²) in [7, 11) is 0. The lowest BCUT2D eigenvalue weighted by atomic mass is 10.2. The van der Waals surface area contributed by atoms with Crippen LogP contribution in [0.5, 0.6) is 0 Å². The van der Waals surface area contributed by atoms with Gasteiger partial charge in [0.1, 0.15) is 17.5 Å². The maximum Gasteiger partial charge on any atom is 0.148 e. The molecule has 0 bridgehead atoms. The van der Waals surface area contributed by atoms with Gasteiger partial charge in [-0.2, -0.15) is 0 Å². The Morgan fingerprint density at radius 2 is 1.94 bits per heavy atom. The molecule has 0 radical (unpaired) electrons. The average molecular weight is 249 g/mol. The zero-order valence-electron chi connectivity index (χ0n) is 11.6. The summed E-state index contributed by atoms with van der Waals surface area (Å²) in [5.74, 6) is 9.86. The molecule has 0 aromatic carbocycles. The van der Waals surface area contributed by atoms with Crippen LogP contribution in [0.4, 0.5) is 11.6 Å². The molecule has 1 aliphatic rings. The molecule has 0 spiro atoms. The summed E-state index contributed by atoms with van der Waals surface area (Å²) in [6.07, 6.45) is 1.32. The van der Waals surface area contributed by atoms with Crippen LogP contribution in [0.25, 0.3) is 0 Å². The molecule has 0 aliphatic heterocycles. The quantitative estimate of drug-likeness (QED) is 0.551. The fraction of sp³-hybridized carbons (Fsp3) is 0.692. The highest BCUT2D eigenvalue weighted by atomic mass is 15.3. The number of nitrogens with one attached hydrogen (secondary N) is 2. The van der Waals surface area contributed by atoms with E-state index in [1.807, 2.05) is 6.92 Å². The number of aromatic nitrogens is 2. The van der Waals surface area contributed by atoms with E-state index >= 15 is 0 Å². The van der Waals surface area contributed by atoms with Gasteiger partial charge in [-0.3, -0.25) is 0 Å². The highest BCUT2D eigenvalue weighted by Gasteiger charge is 2.32. The van der Waals surface area contributed by atoms with Gasteiger partial charge in [0.15, 0.2) is 0 Å². The molecule has 1 saturated carbocycles. The van der Waals surface area contributed by atoms with E-state index < -0.39 is 0 Å². The Morgan fingerprint density at radius 1 is 1.33 bits per heavy atom. The Balaban J connectivity index is 2.18. The summed E-state index contributed by atoms with van der Waals surface area (Å²) in [4.78, 5) is 9.01. The molecule has 1 aliphatic carbocycles. The van der Waals surface area contributed by atoms with Gasteiger partial charge >= 0.3 is 0 Å². The lowest BCUT2D eigenvalue weighted by molar-refractivity contribution is 0.759. The summed E-state index contributed by atoms with van der Waals surface area (Å²) in [6, 6.07) is 0. The van der Waals surface area contributed by atoms with Crippen molar-refractivity contribution in [3.8, 4) is 0 Å². The zero-order chi connectivity index (χ0) is 13.3. The second-order valence-corrected chi connectivity index (χ2v) is 5.56. The van der Waals surface area contributed by atoms with Gasteiger partial charge in [-0.15, -0.1) is 0 Å². The fourth-order valence-corrected chi connectivity index (χ4v) is 2.02. The van der Waals surface area contributed by atoms with Gasteiger partial charge in [-0.1, -0.05) is 20.8 Å². The zero-order valence-corrected chi connectivity index (χ0v) is 11.6. The van der Waals surface area contributed by atoms with Gasteiger partial charge in [0, 0.05) is 18.0 Å². The van der Waals surface area contributed by atoms with Crippen LogP contribution in [0.2, 0.25) is 0 Å². The molecule has 0 saturated heterocycles. The van der Waals surface area contributed by atoms with E-state index in [1.54, 1.807) is 0 Å². The van der Waals surface area contributed by atoms with E-state index in [-0.39, 0.29) is 5.92 Å². The maximum atomic E-state index is 5.51. The van der Waals surface area contributed by atoms with E-state index in [0.717, 1.165) is 35.6 Å². The van der Waals surface area contributed by atoms with Gasteiger partial charge < -0.3 is 10.7 Å². The number of nitrogens with zero attached hydrogens (tertiary/aromatic N) is 2.